The van der Waals surface area contributed by atoms with E-state index in [1.807, 2.05) is 12.1 Å². The second-order valence-corrected chi connectivity index (χ2v) is 4.87. The van der Waals surface area contributed by atoms with Gasteiger partial charge in [0.15, 0.2) is 0 Å². The van der Waals surface area contributed by atoms with Crippen molar-refractivity contribution >= 4 is 10.9 Å². The van der Waals surface area contributed by atoms with Gasteiger partial charge in [-0.2, -0.15) is 0 Å². The highest BCUT2D eigenvalue weighted by molar-refractivity contribution is 5.83. The number of nitrogens with two attached hydrogens (primary N) is 1. The van der Waals surface area contributed by atoms with E-state index in [-0.39, 0.29) is 0 Å². The summed E-state index contributed by atoms with van der Waals surface area (Å²) in [6.45, 7) is 0.734. The molecule has 1 aliphatic carbocycles. The van der Waals surface area contributed by atoms with E-state index in [0.717, 1.165) is 19.4 Å². The highest BCUT2D eigenvalue weighted by Crippen LogP contribution is 2.40. The van der Waals surface area contributed by atoms with Gasteiger partial charge in [-0.3, -0.25) is 0 Å². The van der Waals surface area contributed by atoms with Gasteiger partial charge in [0.2, 0.25) is 0 Å². The Morgan fingerprint density at radius 3 is 2.82 bits per heavy atom. The smallest absolute Gasteiger partial charge is 0.117 e. The van der Waals surface area contributed by atoms with Gasteiger partial charge in [-0.1, -0.05) is 0 Å². The second kappa shape index (κ2) is 4.08. The minimum absolute atomic E-state index is 0.350. The number of rotatable bonds is 4. The third-order valence-electron chi connectivity index (χ3n) is 3.45. The number of nitrogens with zero attached hydrogens (tertiary/aromatic N) is 1. The lowest BCUT2D eigenvalue weighted by atomic mass is 10.2. The van der Waals surface area contributed by atoms with E-state index in [0.29, 0.717) is 11.8 Å². The van der Waals surface area contributed by atoms with Crippen LogP contribution in [0.1, 0.15) is 31.0 Å². The molecule has 1 fully saturated rings. The molecule has 0 radical (unpaired) electrons. The average Bonchev–Trinajstić information content (AvgIpc) is 3.08. The maximum absolute atomic E-state index is 9.61. The Kier molecular flexibility index (Phi) is 2.56. The standard InChI is InChI=1S/C14H18N2O/c15-7-1-2-12-8-10-3-6-13(17)9-14(10)16(12)11-4-5-11/h3,6,8-9,11,17H,1-2,4-5,7,15H2. The molecule has 3 rings (SSSR count). The molecule has 0 bridgehead atoms. The van der Waals surface area contributed by atoms with Crippen LogP contribution in [0.15, 0.2) is 24.3 Å². The fraction of sp³-hybridized carbons (Fsp3) is 0.429. The van der Waals surface area contributed by atoms with Crippen molar-refractivity contribution in [2.75, 3.05) is 6.54 Å². The summed E-state index contributed by atoms with van der Waals surface area (Å²) >= 11 is 0. The van der Waals surface area contributed by atoms with Crippen LogP contribution in [0.5, 0.6) is 5.75 Å². The summed E-state index contributed by atoms with van der Waals surface area (Å²) in [5.41, 5.74) is 8.11. The van der Waals surface area contributed by atoms with Gasteiger partial charge in [0.1, 0.15) is 5.75 Å². The SMILES string of the molecule is NCCCc1cc2ccc(O)cc2n1C1CC1. The van der Waals surface area contributed by atoms with Crippen LogP contribution in [-0.2, 0) is 6.42 Å². The van der Waals surface area contributed by atoms with Gasteiger partial charge < -0.3 is 15.4 Å². The van der Waals surface area contributed by atoms with Crippen molar-refractivity contribution < 1.29 is 5.11 Å². The Balaban J connectivity index is 2.10. The number of hydrogen-bond donors (Lipinski definition) is 2. The van der Waals surface area contributed by atoms with Crippen molar-refractivity contribution in [3.63, 3.8) is 0 Å². The molecule has 1 aromatic heterocycles. The van der Waals surface area contributed by atoms with E-state index in [1.54, 1.807) is 6.07 Å². The van der Waals surface area contributed by atoms with Crippen LogP contribution >= 0.6 is 0 Å². The zero-order valence-electron chi connectivity index (χ0n) is 9.89. The van der Waals surface area contributed by atoms with Crippen molar-refractivity contribution in [3.8, 4) is 5.75 Å². The van der Waals surface area contributed by atoms with Crippen LogP contribution in [0.4, 0.5) is 0 Å². The minimum atomic E-state index is 0.350. The summed E-state index contributed by atoms with van der Waals surface area (Å²) in [5, 5.41) is 10.8. The molecule has 0 saturated heterocycles. The van der Waals surface area contributed by atoms with E-state index in [4.69, 9.17) is 5.73 Å². The van der Waals surface area contributed by atoms with Crippen molar-refractivity contribution in [3.05, 3.63) is 30.0 Å². The molecule has 1 heterocycles. The number of phenolic OH excluding ortho intramolecular Hbond substituents is 1. The molecule has 1 aliphatic rings. The summed E-state index contributed by atoms with van der Waals surface area (Å²) in [6, 6.07) is 8.51. The van der Waals surface area contributed by atoms with E-state index < -0.39 is 0 Å². The van der Waals surface area contributed by atoms with E-state index >= 15 is 0 Å². The molecule has 0 spiro atoms. The summed E-state index contributed by atoms with van der Waals surface area (Å²) in [6.07, 6.45) is 4.57. The molecule has 0 atom stereocenters. The predicted molar refractivity (Wildman–Crippen MR) is 69.2 cm³/mol. The summed E-state index contributed by atoms with van der Waals surface area (Å²) in [7, 11) is 0. The van der Waals surface area contributed by atoms with Crippen LogP contribution < -0.4 is 5.73 Å². The quantitative estimate of drug-likeness (QED) is 0.848. The molecule has 0 unspecified atom stereocenters. The monoisotopic (exact) mass is 230 g/mol. The van der Waals surface area contributed by atoms with Crippen LogP contribution in [-0.4, -0.2) is 16.2 Å². The summed E-state index contributed by atoms with van der Waals surface area (Å²) in [5.74, 6) is 0.350. The third-order valence-corrected chi connectivity index (χ3v) is 3.45. The lowest BCUT2D eigenvalue weighted by molar-refractivity contribution is 0.476. The third kappa shape index (κ3) is 1.91. The number of hydrogen-bond acceptors (Lipinski definition) is 2. The molecular formula is C14H18N2O. The summed E-state index contributed by atoms with van der Waals surface area (Å²) in [4.78, 5) is 0. The molecule has 3 heteroatoms. The van der Waals surface area contributed by atoms with E-state index in [9.17, 15) is 5.11 Å². The fourth-order valence-corrected chi connectivity index (χ4v) is 2.51. The Labute approximate surface area is 101 Å². The molecule has 17 heavy (non-hydrogen) atoms. The number of aryl methyl sites for hydroxylation is 1. The molecule has 90 valence electrons. The first-order valence-corrected chi connectivity index (χ1v) is 6.32. The Bertz CT molecular complexity index is 540. The molecule has 3 nitrogen and oxygen atoms in total. The van der Waals surface area contributed by atoms with Gasteiger partial charge in [-0.05, 0) is 50.4 Å². The zero-order chi connectivity index (χ0) is 11.8. The fourth-order valence-electron chi connectivity index (χ4n) is 2.51. The molecule has 0 amide bonds. The molecule has 2 aromatic rings. The highest BCUT2D eigenvalue weighted by atomic mass is 16.3. The molecule has 1 aromatic carbocycles. The van der Waals surface area contributed by atoms with Crippen LogP contribution in [0.2, 0.25) is 0 Å². The average molecular weight is 230 g/mol. The highest BCUT2D eigenvalue weighted by Gasteiger charge is 2.27. The van der Waals surface area contributed by atoms with Gasteiger partial charge in [0.05, 0.1) is 5.52 Å². The summed E-state index contributed by atoms with van der Waals surface area (Å²) < 4.78 is 2.39. The lowest BCUT2D eigenvalue weighted by Gasteiger charge is -2.09. The van der Waals surface area contributed by atoms with Crippen molar-refractivity contribution in [2.24, 2.45) is 5.73 Å². The van der Waals surface area contributed by atoms with Gasteiger partial charge in [-0.15, -0.1) is 0 Å². The largest absolute Gasteiger partial charge is 0.508 e. The lowest BCUT2D eigenvalue weighted by Crippen LogP contribution is -2.05. The minimum Gasteiger partial charge on any atom is -0.508 e. The van der Waals surface area contributed by atoms with Gasteiger partial charge in [-0.25, -0.2) is 0 Å². The topological polar surface area (TPSA) is 51.2 Å². The van der Waals surface area contributed by atoms with Gasteiger partial charge >= 0.3 is 0 Å². The molecular weight excluding hydrogens is 212 g/mol. The first-order chi connectivity index (χ1) is 8.29. The van der Waals surface area contributed by atoms with E-state index in [1.165, 1.54) is 29.4 Å². The number of phenols is 1. The molecule has 1 saturated carbocycles. The normalized spacial score (nSPS) is 15.6. The number of aromatic hydroxyl groups is 1. The molecule has 0 aliphatic heterocycles. The Morgan fingerprint density at radius 2 is 2.12 bits per heavy atom. The zero-order valence-corrected chi connectivity index (χ0v) is 9.89. The van der Waals surface area contributed by atoms with Crippen molar-refractivity contribution in [1.29, 1.82) is 0 Å². The number of aromatic nitrogens is 1. The number of fused-ring (bicyclic) bond motifs is 1. The van der Waals surface area contributed by atoms with Crippen molar-refractivity contribution in [2.45, 2.75) is 31.7 Å². The van der Waals surface area contributed by atoms with Gasteiger partial charge in [0.25, 0.3) is 0 Å². The first-order valence-electron chi connectivity index (χ1n) is 6.32. The molecule has 3 N–H and O–H groups in total. The number of benzene rings is 1. The Morgan fingerprint density at radius 1 is 1.29 bits per heavy atom. The maximum atomic E-state index is 9.61. The van der Waals surface area contributed by atoms with E-state index in [2.05, 4.69) is 10.6 Å². The predicted octanol–water partition coefficient (Wildman–Crippen LogP) is 2.57. The Hall–Kier alpha value is -1.48. The van der Waals surface area contributed by atoms with Crippen molar-refractivity contribution in [1.82, 2.24) is 4.57 Å². The maximum Gasteiger partial charge on any atom is 0.117 e. The first kappa shape index (κ1) is 10.7. The second-order valence-electron chi connectivity index (χ2n) is 4.87. The van der Waals surface area contributed by atoms with Crippen LogP contribution in [0.3, 0.4) is 0 Å². The van der Waals surface area contributed by atoms with Crippen LogP contribution in [0.25, 0.3) is 10.9 Å². The van der Waals surface area contributed by atoms with Gasteiger partial charge in [0, 0.05) is 23.2 Å². The van der Waals surface area contributed by atoms with Crippen LogP contribution in [0, 0.1) is 0 Å².